The van der Waals surface area contributed by atoms with Crippen molar-refractivity contribution in [1.29, 1.82) is 0 Å². The Morgan fingerprint density at radius 3 is 3.07 bits per heavy atom. The molecule has 3 atom stereocenters. The standard InChI is InChI=1S/C20H28N4O3S2/c1-2-26-19(25)15-6-3-9-22(12-15)14-24-20(28)23(13-16-7-4-10-27-16)18(21-24)17-8-5-11-29-17/h5,8,11,15-16H,2-4,6-7,9-10,12-14H2,1H3/p+1/t15-,16-/m0/s1. The molecule has 0 spiro atoms. The lowest BCUT2D eigenvalue weighted by atomic mass is 9.99. The molecular formula is C20H29N4O3S2+. The van der Waals surface area contributed by atoms with Crippen molar-refractivity contribution in [2.75, 3.05) is 26.3 Å². The number of piperidine rings is 1. The number of aromatic nitrogens is 3. The summed E-state index contributed by atoms with van der Waals surface area (Å²) >= 11 is 7.49. The smallest absolute Gasteiger partial charge is 0.314 e. The summed E-state index contributed by atoms with van der Waals surface area (Å²) in [6.45, 7) is 6.33. The first-order valence-electron chi connectivity index (χ1n) is 10.5. The third-order valence-electron chi connectivity index (χ3n) is 5.69. The lowest BCUT2D eigenvalue weighted by Crippen LogP contribution is -3.13. The summed E-state index contributed by atoms with van der Waals surface area (Å²) in [6, 6.07) is 4.13. The van der Waals surface area contributed by atoms with E-state index in [2.05, 4.69) is 16.0 Å². The highest BCUT2D eigenvalue weighted by Gasteiger charge is 2.30. The molecule has 2 aromatic heterocycles. The Balaban J connectivity index is 1.54. The van der Waals surface area contributed by atoms with Crippen LogP contribution in [0.5, 0.6) is 0 Å². The third kappa shape index (κ3) is 4.79. The van der Waals surface area contributed by atoms with E-state index in [1.807, 2.05) is 17.7 Å². The number of thiophene rings is 1. The Hall–Kier alpha value is -1.55. The fraction of sp³-hybridized carbons (Fsp3) is 0.650. The van der Waals surface area contributed by atoms with Crippen molar-refractivity contribution in [3.63, 3.8) is 0 Å². The number of likely N-dealkylation sites (tertiary alicyclic amines) is 1. The van der Waals surface area contributed by atoms with Crippen molar-refractivity contribution in [2.45, 2.75) is 51.9 Å². The van der Waals surface area contributed by atoms with Crippen LogP contribution in [0.25, 0.3) is 10.7 Å². The van der Waals surface area contributed by atoms with E-state index in [-0.39, 0.29) is 18.0 Å². The Labute approximate surface area is 180 Å². The fourth-order valence-corrected chi connectivity index (χ4v) is 5.24. The Bertz CT molecular complexity index is 871. The summed E-state index contributed by atoms with van der Waals surface area (Å²) in [4.78, 5) is 14.6. The summed E-state index contributed by atoms with van der Waals surface area (Å²) in [6.07, 6.45) is 4.29. The number of esters is 1. The van der Waals surface area contributed by atoms with E-state index >= 15 is 0 Å². The minimum absolute atomic E-state index is 0.0291. The molecule has 2 aromatic rings. The van der Waals surface area contributed by atoms with Gasteiger partial charge in [0.1, 0.15) is 5.92 Å². The van der Waals surface area contributed by atoms with Crippen molar-refractivity contribution < 1.29 is 19.2 Å². The fourth-order valence-electron chi connectivity index (χ4n) is 4.26. The molecule has 4 rings (SSSR count). The molecule has 0 radical (unpaired) electrons. The minimum Gasteiger partial charge on any atom is -0.466 e. The van der Waals surface area contributed by atoms with Crippen molar-refractivity contribution in [2.24, 2.45) is 5.92 Å². The van der Waals surface area contributed by atoms with Gasteiger partial charge >= 0.3 is 5.97 Å². The maximum Gasteiger partial charge on any atom is 0.314 e. The minimum atomic E-state index is -0.0727. The number of rotatable bonds is 7. The van der Waals surface area contributed by atoms with Crippen LogP contribution in [0.1, 0.15) is 32.6 Å². The second-order valence-electron chi connectivity index (χ2n) is 7.78. The van der Waals surface area contributed by atoms with Gasteiger partial charge in [-0.3, -0.25) is 9.36 Å². The third-order valence-corrected chi connectivity index (χ3v) is 6.98. The molecule has 2 saturated heterocycles. The molecule has 158 valence electrons. The van der Waals surface area contributed by atoms with Gasteiger partial charge in [-0.1, -0.05) is 6.07 Å². The van der Waals surface area contributed by atoms with E-state index in [0.717, 1.165) is 67.4 Å². The van der Waals surface area contributed by atoms with E-state index in [0.29, 0.717) is 13.3 Å². The molecule has 1 unspecified atom stereocenters. The van der Waals surface area contributed by atoms with Gasteiger partial charge < -0.3 is 14.4 Å². The number of ether oxygens (including phenoxy) is 2. The highest BCUT2D eigenvalue weighted by molar-refractivity contribution is 7.71. The monoisotopic (exact) mass is 437 g/mol. The highest BCUT2D eigenvalue weighted by atomic mass is 32.1. The Morgan fingerprint density at radius 2 is 2.34 bits per heavy atom. The maximum absolute atomic E-state index is 12.2. The lowest BCUT2D eigenvalue weighted by Gasteiger charge is -2.28. The van der Waals surface area contributed by atoms with E-state index in [1.165, 1.54) is 4.90 Å². The molecule has 0 aromatic carbocycles. The number of nitrogens with one attached hydrogen (secondary N) is 1. The molecule has 9 heteroatoms. The van der Waals surface area contributed by atoms with Gasteiger partial charge in [-0.2, -0.15) is 4.68 Å². The van der Waals surface area contributed by atoms with Crippen LogP contribution in [0.3, 0.4) is 0 Å². The van der Waals surface area contributed by atoms with Gasteiger partial charge in [0.25, 0.3) is 0 Å². The molecule has 2 aliphatic heterocycles. The van der Waals surface area contributed by atoms with Gasteiger partial charge in [0.05, 0.1) is 37.2 Å². The molecule has 0 bridgehead atoms. The van der Waals surface area contributed by atoms with Gasteiger partial charge in [-0.05, 0) is 56.3 Å². The number of quaternary nitrogens is 1. The normalized spacial score (nSPS) is 24.7. The van der Waals surface area contributed by atoms with Crippen LogP contribution in [-0.2, 0) is 27.5 Å². The van der Waals surface area contributed by atoms with Crippen LogP contribution >= 0.6 is 23.6 Å². The zero-order valence-electron chi connectivity index (χ0n) is 16.8. The second-order valence-corrected chi connectivity index (χ2v) is 9.09. The van der Waals surface area contributed by atoms with Crippen LogP contribution in [0.4, 0.5) is 0 Å². The van der Waals surface area contributed by atoms with Crippen LogP contribution in [0.2, 0.25) is 0 Å². The summed E-state index contributed by atoms with van der Waals surface area (Å²) in [5.41, 5.74) is 0. The van der Waals surface area contributed by atoms with Crippen molar-refractivity contribution >= 4 is 29.5 Å². The lowest BCUT2D eigenvalue weighted by molar-refractivity contribution is -0.930. The first-order chi connectivity index (χ1) is 14.2. The number of carbonyl (C=O) groups excluding carboxylic acids is 1. The Kier molecular flexibility index (Phi) is 6.79. The summed E-state index contributed by atoms with van der Waals surface area (Å²) in [5, 5.41) is 6.95. The van der Waals surface area contributed by atoms with E-state index in [9.17, 15) is 4.79 Å². The molecule has 4 heterocycles. The molecule has 2 aliphatic rings. The van der Waals surface area contributed by atoms with E-state index < -0.39 is 0 Å². The van der Waals surface area contributed by atoms with Crippen molar-refractivity contribution in [1.82, 2.24) is 14.3 Å². The average molecular weight is 438 g/mol. The number of hydrogen-bond donors (Lipinski definition) is 1. The largest absolute Gasteiger partial charge is 0.466 e. The van der Waals surface area contributed by atoms with Crippen molar-refractivity contribution in [3.05, 3.63) is 22.3 Å². The maximum atomic E-state index is 12.2. The summed E-state index contributed by atoms with van der Waals surface area (Å²) in [7, 11) is 0. The van der Waals surface area contributed by atoms with Gasteiger partial charge in [-0.25, -0.2) is 0 Å². The highest BCUT2D eigenvalue weighted by Crippen LogP contribution is 2.25. The first-order valence-corrected chi connectivity index (χ1v) is 11.8. The predicted molar refractivity (Wildman–Crippen MR) is 113 cm³/mol. The van der Waals surface area contributed by atoms with Gasteiger partial charge in [0, 0.05) is 6.61 Å². The molecule has 29 heavy (non-hydrogen) atoms. The summed E-state index contributed by atoms with van der Waals surface area (Å²) < 4.78 is 15.9. The molecule has 7 nitrogen and oxygen atoms in total. The topological polar surface area (TPSA) is 62.7 Å². The summed E-state index contributed by atoms with van der Waals surface area (Å²) in [5.74, 6) is 0.814. The molecule has 0 aliphatic carbocycles. The van der Waals surface area contributed by atoms with Crippen LogP contribution in [-0.4, -0.2) is 52.7 Å². The SMILES string of the molecule is CCOC(=O)[C@H]1CCC[NH+](Cn2nc(-c3cccs3)n(C[C@@H]3CCCO3)c2=S)C1. The van der Waals surface area contributed by atoms with Crippen molar-refractivity contribution in [3.8, 4) is 10.7 Å². The molecule has 1 N–H and O–H groups in total. The van der Waals surface area contributed by atoms with Gasteiger partial charge in [-0.15, -0.1) is 16.4 Å². The molecule has 0 saturated carbocycles. The predicted octanol–water partition coefficient (Wildman–Crippen LogP) is 2.14. The van der Waals surface area contributed by atoms with Gasteiger partial charge in [0.2, 0.25) is 4.77 Å². The quantitative estimate of drug-likeness (QED) is 0.531. The zero-order valence-corrected chi connectivity index (χ0v) is 18.5. The van der Waals surface area contributed by atoms with Crippen LogP contribution in [0.15, 0.2) is 17.5 Å². The number of hydrogen-bond acceptors (Lipinski definition) is 6. The second kappa shape index (κ2) is 9.51. The van der Waals surface area contributed by atoms with E-state index in [4.69, 9.17) is 26.8 Å². The van der Waals surface area contributed by atoms with E-state index in [1.54, 1.807) is 11.3 Å². The van der Waals surface area contributed by atoms with Gasteiger partial charge in [0.15, 0.2) is 12.5 Å². The molecule has 2 fully saturated rings. The van der Waals surface area contributed by atoms with Crippen LogP contribution < -0.4 is 4.90 Å². The number of carbonyl (C=O) groups is 1. The zero-order chi connectivity index (χ0) is 20.2. The average Bonchev–Trinajstić information content (AvgIpc) is 3.47. The Morgan fingerprint density at radius 1 is 1.45 bits per heavy atom. The molecular weight excluding hydrogens is 408 g/mol. The molecule has 0 amide bonds. The van der Waals surface area contributed by atoms with Crippen LogP contribution in [0, 0.1) is 10.7 Å². The number of nitrogens with zero attached hydrogens (tertiary/aromatic N) is 3. The first kappa shape index (κ1) is 20.7.